The Kier molecular flexibility index (Phi) is 4.05. The van der Waals surface area contributed by atoms with Crippen LogP contribution in [0.5, 0.6) is 0 Å². The predicted molar refractivity (Wildman–Crippen MR) is 36.4 cm³/mol. The normalized spacial score (nSPS) is 9.60. The SMILES string of the molecule is NC(=O)NSC=C[N+](=O)[O-]. The quantitative estimate of drug-likeness (QED) is 0.349. The fourth-order valence-electron chi connectivity index (χ4n) is 0.172. The number of hydrogen-bond acceptors (Lipinski definition) is 4. The van der Waals surface area contributed by atoms with Crippen LogP contribution in [0.3, 0.4) is 0 Å². The molecule has 0 aromatic rings. The van der Waals surface area contributed by atoms with Gasteiger partial charge in [-0.15, -0.1) is 0 Å². The van der Waals surface area contributed by atoms with Crippen LogP contribution < -0.4 is 10.5 Å². The third-order valence-electron chi connectivity index (χ3n) is 0.410. The first-order chi connectivity index (χ1) is 4.63. The summed E-state index contributed by atoms with van der Waals surface area (Å²) in [6.07, 6.45) is 0.695. The van der Waals surface area contributed by atoms with Gasteiger partial charge in [0, 0.05) is 0 Å². The van der Waals surface area contributed by atoms with Crippen LogP contribution in [-0.4, -0.2) is 11.0 Å². The Morgan fingerprint density at radius 1 is 1.80 bits per heavy atom. The summed E-state index contributed by atoms with van der Waals surface area (Å²) in [5.74, 6) is 0. The van der Waals surface area contributed by atoms with Crippen molar-refractivity contribution in [3.63, 3.8) is 0 Å². The van der Waals surface area contributed by atoms with Gasteiger partial charge in [-0.3, -0.25) is 14.8 Å². The van der Waals surface area contributed by atoms with Crippen LogP contribution in [0.25, 0.3) is 0 Å². The Labute approximate surface area is 60.7 Å². The molecule has 0 aliphatic heterocycles. The zero-order valence-corrected chi connectivity index (χ0v) is 5.63. The van der Waals surface area contributed by atoms with E-state index in [4.69, 9.17) is 0 Å². The molecule has 0 saturated heterocycles. The molecule has 7 heteroatoms. The maximum Gasteiger partial charge on any atom is 0.322 e. The number of carbonyl (C=O) groups is 1. The topological polar surface area (TPSA) is 98.3 Å². The van der Waals surface area contributed by atoms with Crippen LogP contribution in [0, 0.1) is 10.1 Å². The zero-order chi connectivity index (χ0) is 7.98. The molecule has 0 fully saturated rings. The fraction of sp³-hybridized carbons (Fsp3) is 0. The van der Waals surface area contributed by atoms with Gasteiger partial charge in [-0.2, -0.15) is 0 Å². The first-order valence-corrected chi connectivity index (χ1v) is 3.02. The molecule has 10 heavy (non-hydrogen) atoms. The van der Waals surface area contributed by atoms with Crippen LogP contribution in [-0.2, 0) is 0 Å². The molecule has 0 aliphatic rings. The van der Waals surface area contributed by atoms with Crippen molar-refractivity contribution in [2.75, 3.05) is 0 Å². The van der Waals surface area contributed by atoms with Crippen molar-refractivity contribution in [1.82, 2.24) is 4.72 Å². The van der Waals surface area contributed by atoms with Crippen molar-refractivity contribution < 1.29 is 9.72 Å². The third-order valence-corrected chi connectivity index (χ3v) is 0.987. The van der Waals surface area contributed by atoms with Crippen molar-refractivity contribution in [1.29, 1.82) is 0 Å². The Morgan fingerprint density at radius 2 is 2.40 bits per heavy atom. The lowest BCUT2D eigenvalue weighted by atomic mass is 11.1. The number of amides is 2. The van der Waals surface area contributed by atoms with Crippen molar-refractivity contribution in [3.8, 4) is 0 Å². The monoisotopic (exact) mass is 163 g/mol. The molecule has 0 rings (SSSR count). The molecule has 0 unspecified atom stereocenters. The molecule has 0 saturated carbocycles. The van der Waals surface area contributed by atoms with Crippen LogP contribution in [0.15, 0.2) is 11.6 Å². The molecule has 2 amide bonds. The highest BCUT2D eigenvalue weighted by atomic mass is 32.2. The number of carbonyl (C=O) groups excluding carboxylic acids is 1. The molecule has 0 aromatic carbocycles. The minimum atomic E-state index is -0.738. The summed E-state index contributed by atoms with van der Waals surface area (Å²) in [6, 6.07) is -0.738. The van der Waals surface area contributed by atoms with Crippen molar-refractivity contribution >= 4 is 18.0 Å². The molecule has 0 atom stereocenters. The molecular weight excluding hydrogens is 158 g/mol. The highest BCUT2D eigenvalue weighted by Crippen LogP contribution is 1.93. The molecule has 0 spiro atoms. The van der Waals surface area contributed by atoms with Crippen LogP contribution in [0.1, 0.15) is 0 Å². The number of primary amides is 1. The third kappa shape index (κ3) is 6.76. The Hall–Kier alpha value is -1.24. The van der Waals surface area contributed by atoms with E-state index in [1.54, 1.807) is 0 Å². The average molecular weight is 163 g/mol. The summed E-state index contributed by atoms with van der Waals surface area (Å²) < 4.78 is 2.07. The van der Waals surface area contributed by atoms with E-state index in [0.717, 1.165) is 17.4 Å². The maximum atomic E-state index is 9.93. The largest absolute Gasteiger partial charge is 0.351 e. The van der Waals surface area contributed by atoms with E-state index in [9.17, 15) is 14.9 Å². The van der Waals surface area contributed by atoms with Crippen LogP contribution in [0.2, 0.25) is 0 Å². The standard InChI is InChI=1S/C3H5N3O3S/c4-3(7)5-10-2-1-6(8)9/h1-2H,(H3,4,5,7). The number of nitrogens with two attached hydrogens (primary N) is 1. The molecule has 0 heterocycles. The number of nitrogens with one attached hydrogen (secondary N) is 1. The van der Waals surface area contributed by atoms with Gasteiger partial charge in [0.05, 0.1) is 10.3 Å². The van der Waals surface area contributed by atoms with E-state index in [2.05, 4.69) is 10.5 Å². The van der Waals surface area contributed by atoms with E-state index in [1.807, 2.05) is 0 Å². The first kappa shape index (κ1) is 8.76. The molecular formula is C3H5N3O3S. The van der Waals surface area contributed by atoms with Gasteiger partial charge in [-0.25, -0.2) is 4.79 Å². The molecule has 3 N–H and O–H groups in total. The van der Waals surface area contributed by atoms with E-state index in [-0.39, 0.29) is 0 Å². The van der Waals surface area contributed by atoms with E-state index in [0.29, 0.717) is 6.20 Å². The Balaban J connectivity index is 3.36. The molecule has 0 aromatic heterocycles. The van der Waals surface area contributed by atoms with Crippen LogP contribution in [0.4, 0.5) is 4.79 Å². The lowest BCUT2D eigenvalue weighted by molar-refractivity contribution is -0.402. The summed E-state index contributed by atoms with van der Waals surface area (Å²) in [7, 11) is 0. The number of rotatable bonds is 3. The average Bonchev–Trinajstić information content (AvgIpc) is 1.79. The van der Waals surface area contributed by atoms with Crippen molar-refractivity contribution in [2.24, 2.45) is 5.73 Å². The number of urea groups is 1. The van der Waals surface area contributed by atoms with Crippen LogP contribution >= 0.6 is 11.9 Å². The number of hydrogen-bond donors (Lipinski definition) is 2. The lowest BCUT2D eigenvalue weighted by Gasteiger charge is -1.89. The predicted octanol–water partition coefficient (Wildman–Crippen LogP) is 0.0508. The summed E-state index contributed by atoms with van der Waals surface area (Å²) in [6.45, 7) is 0. The fourth-order valence-corrected chi connectivity index (χ4v) is 0.517. The zero-order valence-electron chi connectivity index (χ0n) is 4.81. The van der Waals surface area contributed by atoms with E-state index >= 15 is 0 Å². The van der Waals surface area contributed by atoms with Crippen molar-refractivity contribution in [3.05, 3.63) is 21.7 Å². The van der Waals surface area contributed by atoms with Gasteiger partial charge in [0.1, 0.15) is 0 Å². The molecule has 56 valence electrons. The molecule has 0 bridgehead atoms. The minimum absolute atomic E-state index is 0.643. The summed E-state index contributed by atoms with van der Waals surface area (Å²) in [5, 5.41) is 10.7. The van der Waals surface area contributed by atoms with Gasteiger partial charge in [0.2, 0.25) is 6.20 Å². The number of nitrogens with zero attached hydrogens (tertiary/aromatic N) is 1. The molecule has 0 aliphatic carbocycles. The smallest absolute Gasteiger partial charge is 0.322 e. The second kappa shape index (κ2) is 4.62. The van der Waals surface area contributed by atoms with Gasteiger partial charge >= 0.3 is 6.03 Å². The van der Waals surface area contributed by atoms with E-state index in [1.165, 1.54) is 0 Å². The number of nitro groups is 1. The maximum absolute atomic E-state index is 9.93. The second-order valence-electron chi connectivity index (χ2n) is 1.15. The summed E-state index contributed by atoms with van der Waals surface area (Å²) >= 11 is 0.743. The Bertz CT molecular complexity index is 168. The summed E-state index contributed by atoms with van der Waals surface area (Å²) in [4.78, 5) is 18.9. The lowest BCUT2D eigenvalue weighted by Crippen LogP contribution is -2.22. The van der Waals surface area contributed by atoms with E-state index < -0.39 is 11.0 Å². The van der Waals surface area contributed by atoms with Gasteiger partial charge in [0.15, 0.2) is 0 Å². The van der Waals surface area contributed by atoms with Crippen molar-refractivity contribution in [2.45, 2.75) is 0 Å². The highest BCUT2D eigenvalue weighted by molar-refractivity contribution is 8.00. The van der Waals surface area contributed by atoms with Gasteiger partial charge in [-0.1, -0.05) is 0 Å². The molecule has 0 radical (unpaired) electrons. The Morgan fingerprint density at radius 3 is 2.80 bits per heavy atom. The van der Waals surface area contributed by atoms with Gasteiger partial charge in [-0.05, 0) is 11.9 Å². The summed E-state index contributed by atoms with van der Waals surface area (Å²) in [5.41, 5.74) is 4.63. The molecule has 6 nitrogen and oxygen atoms in total. The second-order valence-corrected chi connectivity index (χ2v) is 1.87. The highest BCUT2D eigenvalue weighted by Gasteiger charge is 1.88. The van der Waals surface area contributed by atoms with Gasteiger partial charge < -0.3 is 5.73 Å². The van der Waals surface area contributed by atoms with Gasteiger partial charge in [0.25, 0.3) is 0 Å². The minimum Gasteiger partial charge on any atom is -0.351 e. The first-order valence-electron chi connectivity index (χ1n) is 2.14.